The second-order valence-corrected chi connectivity index (χ2v) is 5.36. The zero-order valence-corrected chi connectivity index (χ0v) is 13.5. The molecule has 1 amide bonds. The van der Waals surface area contributed by atoms with Crippen molar-refractivity contribution in [2.24, 2.45) is 5.73 Å². The number of halogens is 1. The molecule has 0 saturated heterocycles. The van der Waals surface area contributed by atoms with E-state index in [9.17, 15) is 4.79 Å². The summed E-state index contributed by atoms with van der Waals surface area (Å²) in [4.78, 5) is 12.2. The summed E-state index contributed by atoms with van der Waals surface area (Å²) in [5, 5.41) is 8.25. The molecule has 2 rings (SSSR count). The van der Waals surface area contributed by atoms with Gasteiger partial charge in [-0.1, -0.05) is 13.3 Å². The van der Waals surface area contributed by atoms with Gasteiger partial charge in [0, 0.05) is 17.6 Å². The van der Waals surface area contributed by atoms with E-state index in [1.165, 1.54) is 0 Å². The third-order valence-corrected chi connectivity index (χ3v) is 3.49. The first-order valence-corrected chi connectivity index (χ1v) is 7.04. The van der Waals surface area contributed by atoms with Gasteiger partial charge in [0.15, 0.2) is 0 Å². The molecule has 0 saturated carbocycles. The van der Waals surface area contributed by atoms with Crippen molar-refractivity contribution in [1.29, 1.82) is 0 Å². The van der Waals surface area contributed by atoms with Crippen LogP contribution in [0.4, 0.5) is 5.69 Å². The van der Waals surface area contributed by atoms with Gasteiger partial charge in [0.1, 0.15) is 0 Å². The fourth-order valence-electron chi connectivity index (χ4n) is 2.31. The van der Waals surface area contributed by atoms with Gasteiger partial charge in [0.2, 0.25) is 5.91 Å². The zero-order chi connectivity index (χ0) is 14.8. The Kier molecular flexibility index (Phi) is 5.75. The van der Waals surface area contributed by atoms with Gasteiger partial charge in [0.05, 0.1) is 17.3 Å². The normalized spacial score (nSPS) is 13.5. The molecule has 1 aromatic heterocycles. The van der Waals surface area contributed by atoms with Crippen LogP contribution < -0.4 is 11.1 Å². The predicted molar refractivity (Wildman–Crippen MR) is 88.8 cm³/mol. The number of aromatic nitrogens is 2. The number of carbonyl (C=O) groups excluding carboxylic acids is 1. The Hall–Kier alpha value is -1.59. The number of anilines is 1. The SMILES string of the molecule is CCCC(C)(N)C(=O)Nc1ccc2cnn(CC)c2c1.Cl. The third kappa shape index (κ3) is 3.74. The summed E-state index contributed by atoms with van der Waals surface area (Å²) in [7, 11) is 0. The van der Waals surface area contributed by atoms with Gasteiger partial charge in [-0.2, -0.15) is 5.10 Å². The Morgan fingerprint density at radius 1 is 1.43 bits per heavy atom. The van der Waals surface area contributed by atoms with E-state index in [0.717, 1.165) is 29.6 Å². The molecule has 6 heteroatoms. The number of carbonyl (C=O) groups is 1. The highest BCUT2D eigenvalue weighted by Gasteiger charge is 2.27. The zero-order valence-electron chi connectivity index (χ0n) is 12.7. The van der Waals surface area contributed by atoms with Crippen LogP contribution >= 0.6 is 12.4 Å². The standard InChI is InChI=1S/C15H22N4O.ClH/c1-4-8-15(3,16)14(20)18-12-7-6-11-10-17-19(5-2)13(11)9-12;/h6-7,9-10H,4-5,8,16H2,1-3H3,(H,18,20);1H. The lowest BCUT2D eigenvalue weighted by molar-refractivity contribution is -0.120. The van der Waals surface area contributed by atoms with E-state index in [1.807, 2.05) is 42.9 Å². The third-order valence-electron chi connectivity index (χ3n) is 3.49. The number of rotatable bonds is 5. The maximum atomic E-state index is 12.2. The molecule has 0 aliphatic rings. The van der Waals surface area contributed by atoms with Crippen molar-refractivity contribution in [1.82, 2.24) is 9.78 Å². The molecule has 3 N–H and O–H groups in total. The highest BCUT2D eigenvalue weighted by Crippen LogP contribution is 2.20. The Morgan fingerprint density at radius 3 is 2.76 bits per heavy atom. The maximum Gasteiger partial charge on any atom is 0.244 e. The van der Waals surface area contributed by atoms with Crippen LogP contribution in [0.5, 0.6) is 0 Å². The Labute approximate surface area is 131 Å². The molecule has 0 aliphatic heterocycles. The van der Waals surface area contributed by atoms with E-state index in [0.29, 0.717) is 6.42 Å². The van der Waals surface area contributed by atoms with Crippen molar-refractivity contribution >= 4 is 34.9 Å². The quantitative estimate of drug-likeness (QED) is 0.891. The first kappa shape index (κ1) is 17.5. The van der Waals surface area contributed by atoms with E-state index >= 15 is 0 Å². The second-order valence-electron chi connectivity index (χ2n) is 5.36. The number of nitrogens with one attached hydrogen (secondary N) is 1. The molecule has 0 fully saturated rings. The van der Waals surface area contributed by atoms with Crippen LogP contribution in [0.1, 0.15) is 33.6 Å². The van der Waals surface area contributed by atoms with E-state index < -0.39 is 5.54 Å². The number of amides is 1. The van der Waals surface area contributed by atoms with Crippen molar-refractivity contribution in [3.8, 4) is 0 Å². The van der Waals surface area contributed by atoms with E-state index in [4.69, 9.17) is 5.73 Å². The molecule has 0 radical (unpaired) electrons. The van der Waals surface area contributed by atoms with Crippen molar-refractivity contribution in [2.45, 2.75) is 45.7 Å². The Morgan fingerprint density at radius 2 is 2.14 bits per heavy atom. The molecule has 2 aromatic rings. The van der Waals surface area contributed by atoms with E-state index in [1.54, 1.807) is 6.92 Å². The predicted octanol–water partition coefficient (Wildman–Crippen LogP) is 2.93. The average Bonchev–Trinajstić information content (AvgIpc) is 2.80. The number of nitrogens with two attached hydrogens (primary N) is 1. The fourth-order valence-corrected chi connectivity index (χ4v) is 2.31. The summed E-state index contributed by atoms with van der Waals surface area (Å²) >= 11 is 0. The van der Waals surface area contributed by atoms with Crippen LogP contribution in [-0.2, 0) is 11.3 Å². The van der Waals surface area contributed by atoms with E-state index in [-0.39, 0.29) is 18.3 Å². The minimum atomic E-state index is -0.839. The number of hydrogen-bond donors (Lipinski definition) is 2. The Balaban J connectivity index is 0.00000220. The van der Waals surface area contributed by atoms with Gasteiger partial charge in [-0.3, -0.25) is 9.48 Å². The highest BCUT2D eigenvalue weighted by atomic mass is 35.5. The lowest BCUT2D eigenvalue weighted by Crippen LogP contribution is -2.48. The molecule has 1 heterocycles. The molecule has 21 heavy (non-hydrogen) atoms. The summed E-state index contributed by atoms with van der Waals surface area (Å²) in [5.74, 6) is -0.152. The number of nitrogens with zero attached hydrogens (tertiary/aromatic N) is 2. The van der Waals surface area contributed by atoms with Crippen molar-refractivity contribution in [3.05, 3.63) is 24.4 Å². The molecular formula is C15H23ClN4O. The molecule has 0 bridgehead atoms. The number of fused-ring (bicyclic) bond motifs is 1. The average molecular weight is 311 g/mol. The molecular weight excluding hydrogens is 288 g/mol. The van der Waals surface area contributed by atoms with Crippen LogP contribution in [-0.4, -0.2) is 21.2 Å². The maximum absolute atomic E-state index is 12.2. The fraction of sp³-hybridized carbons (Fsp3) is 0.467. The number of benzene rings is 1. The molecule has 5 nitrogen and oxygen atoms in total. The van der Waals surface area contributed by atoms with Crippen LogP contribution in [0.25, 0.3) is 10.9 Å². The molecule has 0 aliphatic carbocycles. The van der Waals surface area contributed by atoms with Gasteiger partial charge in [-0.15, -0.1) is 12.4 Å². The van der Waals surface area contributed by atoms with Crippen molar-refractivity contribution in [2.75, 3.05) is 5.32 Å². The molecule has 0 spiro atoms. The number of aryl methyl sites for hydroxylation is 1. The molecule has 116 valence electrons. The lowest BCUT2D eigenvalue weighted by atomic mass is 9.96. The minimum absolute atomic E-state index is 0. The monoisotopic (exact) mass is 310 g/mol. The minimum Gasteiger partial charge on any atom is -0.324 e. The van der Waals surface area contributed by atoms with Gasteiger partial charge in [-0.25, -0.2) is 0 Å². The summed E-state index contributed by atoms with van der Waals surface area (Å²) < 4.78 is 1.90. The van der Waals surface area contributed by atoms with Gasteiger partial charge in [0.25, 0.3) is 0 Å². The first-order chi connectivity index (χ1) is 9.47. The van der Waals surface area contributed by atoms with Crippen LogP contribution in [0, 0.1) is 0 Å². The molecule has 1 aromatic carbocycles. The van der Waals surface area contributed by atoms with Crippen LogP contribution in [0.2, 0.25) is 0 Å². The van der Waals surface area contributed by atoms with Gasteiger partial charge < -0.3 is 11.1 Å². The van der Waals surface area contributed by atoms with Gasteiger partial charge >= 0.3 is 0 Å². The highest BCUT2D eigenvalue weighted by molar-refractivity contribution is 5.99. The van der Waals surface area contributed by atoms with E-state index in [2.05, 4.69) is 10.4 Å². The second kappa shape index (κ2) is 6.91. The number of hydrogen-bond acceptors (Lipinski definition) is 3. The summed E-state index contributed by atoms with van der Waals surface area (Å²) in [6, 6.07) is 5.77. The molecule has 1 atom stereocenters. The Bertz CT molecular complexity index is 621. The van der Waals surface area contributed by atoms with Gasteiger partial charge in [-0.05, 0) is 38.5 Å². The van der Waals surface area contributed by atoms with Crippen LogP contribution in [0.15, 0.2) is 24.4 Å². The summed E-state index contributed by atoms with van der Waals surface area (Å²) in [5.41, 5.74) is 6.97. The molecule has 1 unspecified atom stereocenters. The lowest BCUT2D eigenvalue weighted by Gasteiger charge is -2.22. The topological polar surface area (TPSA) is 72.9 Å². The largest absolute Gasteiger partial charge is 0.324 e. The van der Waals surface area contributed by atoms with Crippen molar-refractivity contribution < 1.29 is 4.79 Å². The van der Waals surface area contributed by atoms with Crippen LogP contribution in [0.3, 0.4) is 0 Å². The summed E-state index contributed by atoms with van der Waals surface area (Å²) in [6.07, 6.45) is 3.37. The first-order valence-electron chi connectivity index (χ1n) is 7.04. The smallest absolute Gasteiger partial charge is 0.244 e. The van der Waals surface area contributed by atoms with Crippen molar-refractivity contribution in [3.63, 3.8) is 0 Å². The summed E-state index contributed by atoms with van der Waals surface area (Å²) in [6.45, 7) is 6.62.